The van der Waals surface area contributed by atoms with Gasteiger partial charge in [0.25, 0.3) is 0 Å². The van der Waals surface area contributed by atoms with E-state index in [9.17, 15) is 4.79 Å². The Morgan fingerprint density at radius 2 is 2.27 bits per heavy atom. The van der Waals surface area contributed by atoms with Gasteiger partial charge in [0.05, 0.1) is 12.5 Å². The van der Waals surface area contributed by atoms with E-state index in [0.29, 0.717) is 26.4 Å². The van der Waals surface area contributed by atoms with Crippen molar-refractivity contribution in [3.8, 4) is 5.75 Å². The Balaban J connectivity index is 1.85. The third-order valence-electron chi connectivity index (χ3n) is 3.86. The molecule has 1 unspecified atom stereocenters. The van der Waals surface area contributed by atoms with E-state index in [4.69, 9.17) is 14.6 Å². The van der Waals surface area contributed by atoms with E-state index in [1.807, 2.05) is 25.1 Å². The van der Waals surface area contributed by atoms with E-state index in [2.05, 4.69) is 11.0 Å². The van der Waals surface area contributed by atoms with Crippen LogP contribution >= 0.6 is 0 Å². The topological polar surface area (TPSA) is 59.0 Å². The summed E-state index contributed by atoms with van der Waals surface area (Å²) in [6.45, 7) is 6.15. The number of nitrogens with zero attached hydrogens (tertiary/aromatic N) is 1. The number of hydrogen-bond acceptors (Lipinski definition) is 4. The van der Waals surface area contributed by atoms with Gasteiger partial charge >= 0.3 is 5.97 Å². The van der Waals surface area contributed by atoms with E-state index in [1.54, 1.807) is 0 Å². The molecule has 1 saturated heterocycles. The zero-order valence-corrected chi connectivity index (χ0v) is 13.2. The summed E-state index contributed by atoms with van der Waals surface area (Å²) in [6.07, 6.45) is 1.73. The Morgan fingerprint density at radius 3 is 3.05 bits per heavy atom. The van der Waals surface area contributed by atoms with Gasteiger partial charge in [0.1, 0.15) is 12.4 Å². The summed E-state index contributed by atoms with van der Waals surface area (Å²) in [6, 6.07) is 7.99. The van der Waals surface area contributed by atoms with Crippen LogP contribution in [-0.4, -0.2) is 48.9 Å². The number of likely N-dealkylation sites (tertiary alicyclic amines) is 1. The molecule has 5 nitrogen and oxygen atoms in total. The van der Waals surface area contributed by atoms with E-state index in [0.717, 1.165) is 37.2 Å². The lowest BCUT2D eigenvalue weighted by Crippen LogP contribution is -2.38. The van der Waals surface area contributed by atoms with Crippen molar-refractivity contribution in [3.63, 3.8) is 0 Å². The average molecular weight is 307 g/mol. The zero-order chi connectivity index (χ0) is 15.8. The molecule has 122 valence electrons. The zero-order valence-electron chi connectivity index (χ0n) is 13.2. The summed E-state index contributed by atoms with van der Waals surface area (Å²) in [7, 11) is 0. The van der Waals surface area contributed by atoms with Crippen molar-refractivity contribution in [2.45, 2.75) is 26.3 Å². The number of carboxylic acids is 1. The Bertz CT molecular complexity index is 477. The molecule has 1 N–H and O–H groups in total. The normalized spacial score (nSPS) is 19.0. The molecule has 1 atom stereocenters. The molecular weight excluding hydrogens is 282 g/mol. The van der Waals surface area contributed by atoms with Crippen molar-refractivity contribution >= 4 is 5.97 Å². The summed E-state index contributed by atoms with van der Waals surface area (Å²) < 4.78 is 10.9. The highest BCUT2D eigenvalue weighted by molar-refractivity contribution is 5.70. The molecule has 0 saturated carbocycles. The Hall–Kier alpha value is -1.59. The van der Waals surface area contributed by atoms with E-state index >= 15 is 0 Å². The van der Waals surface area contributed by atoms with Crippen molar-refractivity contribution in [2.24, 2.45) is 5.92 Å². The first-order valence-electron chi connectivity index (χ1n) is 7.93. The predicted octanol–water partition coefficient (Wildman–Crippen LogP) is 2.40. The third-order valence-corrected chi connectivity index (χ3v) is 3.86. The molecule has 0 radical (unpaired) electrons. The molecule has 22 heavy (non-hydrogen) atoms. The number of aliphatic carboxylic acids is 1. The molecule has 1 aliphatic heterocycles. The largest absolute Gasteiger partial charge is 0.491 e. The lowest BCUT2D eigenvalue weighted by molar-refractivity contribution is -0.143. The van der Waals surface area contributed by atoms with Gasteiger partial charge in [-0.25, -0.2) is 0 Å². The molecule has 0 aromatic heterocycles. The third kappa shape index (κ3) is 5.31. The van der Waals surface area contributed by atoms with Crippen LogP contribution in [0.3, 0.4) is 0 Å². The second-order valence-corrected chi connectivity index (χ2v) is 5.61. The maximum atomic E-state index is 11.1. The first-order valence-corrected chi connectivity index (χ1v) is 7.93. The minimum absolute atomic E-state index is 0.237. The van der Waals surface area contributed by atoms with Gasteiger partial charge in [-0.1, -0.05) is 12.1 Å². The van der Waals surface area contributed by atoms with Crippen LogP contribution in [0.2, 0.25) is 0 Å². The van der Waals surface area contributed by atoms with Crippen molar-refractivity contribution in [1.29, 1.82) is 0 Å². The number of hydrogen-bond donors (Lipinski definition) is 1. The van der Waals surface area contributed by atoms with E-state index in [1.165, 1.54) is 0 Å². The van der Waals surface area contributed by atoms with Gasteiger partial charge in [-0.15, -0.1) is 0 Å². The van der Waals surface area contributed by atoms with Crippen molar-refractivity contribution < 1.29 is 19.4 Å². The first-order chi connectivity index (χ1) is 10.7. The van der Waals surface area contributed by atoms with Crippen molar-refractivity contribution in [1.82, 2.24) is 4.90 Å². The van der Waals surface area contributed by atoms with Gasteiger partial charge < -0.3 is 14.6 Å². The Kier molecular flexibility index (Phi) is 6.68. The van der Waals surface area contributed by atoms with Crippen molar-refractivity contribution in [3.05, 3.63) is 29.8 Å². The monoisotopic (exact) mass is 307 g/mol. The van der Waals surface area contributed by atoms with Gasteiger partial charge in [-0.05, 0) is 44.0 Å². The number of ether oxygens (including phenoxy) is 2. The fourth-order valence-electron chi connectivity index (χ4n) is 2.76. The molecule has 2 rings (SSSR count). The quantitative estimate of drug-likeness (QED) is 0.747. The molecular formula is C17H25NO4. The average Bonchev–Trinajstić information content (AvgIpc) is 2.52. The summed E-state index contributed by atoms with van der Waals surface area (Å²) in [5, 5.41) is 9.15. The van der Waals surface area contributed by atoms with Crippen LogP contribution in [0.4, 0.5) is 0 Å². The summed E-state index contributed by atoms with van der Waals surface area (Å²) in [4.78, 5) is 13.3. The smallest absolute Gasteiger partial charge is 0.307 e. The van der Waals surface area contributed by atoms with Gasteiger partial charge in [-0.3, -0.25) is 9.69 Å². The van der Waals surface area contributed by atoms with Gasteiger partial charge in [0.2, 0.25) is 0 Å². The van der Waals surface area contributed by atoms with Crippen LogP contribution < -0.4 is 4.74 Å². The number of carbonyl (C=O) groups is 1. The van der Waals surface area contributed by atoms with Crippen LogP contribution in [-0.2, 0) is 16.1 Å². The van der Waals surface area contributed by atoms with Crippen LogP contribution in [0.15, 0.2) is 24.3 Å². The van der Waals surface area contributed by atoms with Crippen LogP contribution in [0, 0.1) is 5.92 Å². The molecule has 1 heterocycles. The fraction of sp³-hybridized carbons (Fsp3) is 0.588. The van der Waals surface area contributed by atoms with E-state index in [-0.39, 0.29) is 5.92 Å². The van der Waals surface area contributed by atoms with Crippen molar-refractivity contribution in [2.75, 3.05) is 32.9 Å². The van der Waals surface area contributed by atoms with Crippen LogP contribution in [0.5, 0.6) is 5.75 Å². The molecule has 1 fully saturated rings. The van der Waals surface area contributed by atoms with Gasteiger partial charge in [-0.2, -0.15) is 0 Å². The maximum Gasteiger partial charge on any atom is 0.307 e. The molecule has 1 aromatic carbocycles. The molecule has 5 heteroatoms. The lowest BCUT2D eigenvalue weighted by Gasteiger charge is -2.30. The number of carboxylic acid groups (broad SMARTS) is 1. The minimum atomic E-state index is -0.683. The summed E-state index contributed by atoms with van der Waals surface area (Å²) in [5.74, 6) is -0.0823. The first kappa shape index (κ1) is 16.8. The fourth-order valence-corrected chi connectivity index (χ4v) is 2.76. The lowest BCUT2D eigenvalue weighted by atomic mass is 9.98. The Labute approximate surface area is 131 Å². The number of rotatable bonds is 8. The highest BCUT2D eigenvalue weighted by Crippen LogP contribution is 2.20. The maximum absolute atomic E-state index is 11.1. The molecule has 0 amide bonds. The minimum Gasteiger partial charge on any atom is -0.491 e. The number of benzene rings is 1. The highest BCUT2D eigenvalue weighted by Gasteiger charge is 2.25. The molecule has 0 spiro atoms. The molecule has 0 aliphatic carbocycles. The second-order valence-electron chi connectivity index (χ2n) is 5.61. The molecule has 1 aromatic rings. The van der Waals surface area contributed by atoms with Gasteiger partial charge in [0.15, 0.2) is 0 Å². The SMILES string of the molecule is CCOCCOc1cccc(CN2CCCC(C(=O)O)C2)c1. The predicted molar refractivity (Wildman–Crippen MR) is 84.1 cm³/mol. The summed E-state index contributed by atoms with van der Waals surface area (Å²) in [5.41, 5.74) is 1.15. The second kappa shape index (κ2) is 8.76. The van der Waals surface area contributed by atoms with Crippen LogP contribution in [0.25, 0.3) is 0 Å². The van der Waals surface area contributed by atoms with Gasteiger partial charge in [0, 0.05) is 19.7 Å². The van der Waals surface area contributed by atoms with E-state index < -0.39 is 5.97 Å². The molecule has 0 bridgehead atoms. The standard InChI is InChI=1S/C17H25NO4/c1-2-21-9-10-22-16-7-3-5-14(11-16)12-18-8-4-6-15(13-18)17(19)20/h3,5,7,11,15H,2,4,6,8-10,12-13H2,1H3,(H,19,20). The molecule has 1 aliphatic rings. The number of piperidine rings is 1. The Morgan fingerprint density at radius 1 is 1.41 bits per heavy atom. The summed E-state index contributed by atoms with van der Waals surface area (Å²) >= 11 is 0. The highest BCUT2D eigenvalue weighted by atomic mass is 16.5. The van der Waals surface area contributed by atoms with Crippen LogP contribution in [0.1, 0.15) is 25.3 Å².